The zero-order chi connectivity index (χ0) is 19.1. The molecule has 27 heavy (non-hydrogen) atoms. The van der Waals surface area contributed by atoms with Gasteiger partial charge in [-0.2, -0.15) is 0 Å². The molecule has 2 aliphatic rings. The number of likely N-dealkylation sites (N-methyl/N-ethyl adjacent to an activating group) is 1. The molecule has 2 aliphatic heterocycles. The van der Waals surface area contributed by atoms with Gasteiger partial charge in [0.1, 0.15) is 15.8 Å². The monoisotopic (exact) mass is 401 g/mol. The fourth-order valence-corrected chi connectivity index (χ4v) is 4.26. The van der Waals surface area contributed by atoms with Gasteiger partial charge in [0.25, 0.3) is 11.5 Å². The van der Waals surface area contributed by atoms with E-state index in [0.717, 1.165) is 31.7 Å². The van der Waals surface area contributed by atoms with Crippen molar-refractivity contribution in [3.8, 4) is 0 Å². The summed E-state index contributed by atoms with van der Waals surface area (Å²) in [5, 5.41) is 2.60. The summed E-state index contributed by atoms with van der Waals surface area (Å²) >= 11 is 6.23. The van der Waals surface area contributed by atoms with Crippen LogP contribution >= 0.6 is 24.0 Å². The van der Waals surface area contributed by atoms with Gasteiger partial charge in [0.15, 0.2) is 0 Å². The third-order valence-electron chi connectivity index (χ3n) is 4.78. The lowest BCUT2D eigenvalue weighted by Gasteiger charge is -2.34. The number of nitrogens with one attached hydrogen (secondary N) is 1. The van der Waals surface area contributed by atoms with Crippen molar-refractivity contribution in [3.63, 3.8) is 0 Å². The Labute approximate surface area is 166 Å². The van der Waals surface area contributed by atoms with Gasteiger partial charge in [-0.25, -0.2) is 4.98 Å². The van der Waals surface area contributed by atoms with Crippen LogP contribution in [0.15, 0.2) is 28.0 Å². The number of thioether (sulfide) groups is 1. The van der Waals surface area contributed by atoms with Crippen LogP contribution in [0, 0.1) is 6.92 Å². The highest BCUT2D eigenvalue weighted by atomic mass is 32.2. The fraction of sp³-hybridized carbons (Fsp3) is 0.333. The molecule has 2 fully saturated rings. The molecule has 2 aromatic rings. The zero-order valence-corrected chi connectivity index (χ0v) is 16.7. The molecule has 0 aliphatic carbocycles. The molecular formula is C18H19N5O2S2. The molecule has 1 amide bonds. The van der Waals surface area contributed by atoms with Crippen molar-refractivity contribution in [1.82, 2.24) is 19.6 Å². The maximum atomic E-state index is 13.3. The minimum absolute atomic E-state index is 0.184. The average Bonchev–Trinajstić information content (AvgIpc) is 2.96. The molecule has 1 N–H and O–H groups in total. The van der Waals surface area contributed by atoms with E-state index in [1.165, 1.54) is 16.2 Å². The summed E-state index contributed by atoms with van der Waals surface area (Å²) < 4.78 is 1.94. The van der Waals surface area contributed by atoms with E-state index in [4.69, 9.17) is 17.2 Å². The molecule has 2 aromatic heterocycles. The van der Waals surface area contributed by atoms with Gasteiger partial charge in [-0.05, 0) is 31.7 Å². The molecule has 9 heteroatoms. The summed E-state index contributed by atoms with van der Waals surface area (Å²) in [6.07, 6.45) is 3.33. The molecule has 0 unspecified atom stereocenters. The van der Waals surface area contributed by atoms with Crippen molar-refractivity contribution in [1.29, 1.82) is 0 Å². The van der Waals surface area contributed by atoms with Crippen molar-refractivity contribution in [2.45, 2.75) is 6.92 Å². The van der Waals surface area contributed by atoms with Gasteiger partial charge in [0, 0.05) is 32.4 Å². The molecule has 0 bridgehead atoms. The van der Waals surface area contributed by atoms with Gasteiger partial charge in [-0.1, -0.05) is 30.0 Å². The normalized spacial score (nSPS) is 19.9. The Morgan fingerprint density at radius 1 is 1.26 bits per heavy atom. The molecule has 0 saturated carbocycles. The van der Waals surface area contributed by atoms with Crippen LogP contribution < -0.4 is 15.8 Å². The Kier molecular flexibility index (Phi) is 4.75. The standard InChI is InChI=1S/C18H19N5O2S2/c1-11-4-3-5-23-14(11)19-15(22-8-6-21(2)7-9-22)12(17(23)25)10-13-16(24)20-18(26)27-13/h3-5,10H,6-9H2,1-2H3,(H,20,24,26). The summed E-state index contributed by atoms with van der Waals surface area (Å²) in [5.41, 5.74) is 1.80. The lowest BCUT2D eigenvalue weighted by atomic mass is 10.2. The first-order valence-corrected chi connectivity index (χ1v) is 9.87. The van der Waals surface area contributed by atoms with Gasteiger partial charge in [0.05, 0.1) is 10.5 Å². The number of hydrogen-bond acceptors (Lipinski definition) is 7. The zero-order valence-electron chi connectivity index (χ0n) is 15.1. The maximum absolute atomic E-state index is 13.3. The number of anilines is 1. The molecule has 4 heterocycles. The van der Waals surface area contributed by atoms with E-state index >= 15 is 0 Å². The topological polar surface area (TPSA) is 70.0 Å². The lowest BCUT2D eigenvalue weighted by molar-refractivity contribution is -0.115. The van der Waals surface area contributed by atoms with Crippen molar-refractivity contribution in [3.05, 3.63) is 44.7 Å². The largest absolute Gasteiger partial charge is 0.353 e. The van der Waals surface area contributed by atoms with Crippen molar-refractivity contribution < 1.29 is 4.79 Å². The number of aromatic nitrogens is 2. The number of rotatable bonds is 2. The molecule has 4 rings (SSSR count). The number of carbonyl (C=O) groups excluding carboxylic acids is 1. The van der Waals surface area contributed by atoms with E-state index in [1.807, 2.05) is 19.1 Å². The number of hydrogen-bond donors (Lipinski definition) is 1. The number of thiocarbonyl (C=S) groups is 1. The number of carbonyl (C=O) groups is 1. The van der Waals surface area contributed by atoms with Crippen LogP contribution in [0.2, 0.25) is 0 Å². The summed E-state index contributed by atoms with van der Waals surface area (Å²) in [6.45, 7) is 5.28. The van der Waals surface area contributed by atoms with Gasteiger partial charge in [-0.3, -0.25) is 14.0 Å². The van der Waals surface area contributed by atoms with Crippen LogP contribution in [0.25, 0.3) is 11.7 Å². The van der Waals surface area contributed by atoms with Crippen LogP contribution in [0.5, 0.6) is 0 Å². The minimum atomic E-state index is -0.275. The highest BCUT2D eigenvalue weighted by Crippen LogP contribution is 2.28. The summed E-state index contributed by atoms with van der Waals surface area (Å²) in [4.78, 5) is 35.0. The first-order valence-electron chi connectivity index (χ1n) is 8.64. The maximum Gasteiger partial charge on any atom is 0.267 e. The Hall–Kier alpha value is -2.23. The Balaban J connectivity index is 1.92. The third kappa shape index (κ3) is 3.38. The second kappa shape index (κ2) is 7.06. The quantitative estimate of drug-likeness (QED) is 0.600. The first kappa shape index (κ1) is 18.1. The molecule has 140 valence electrons. The predicted octanol–water partition coefficient (Wildman–Crippen LogP) is 1.24. The van der Waals surface area contributed by atoms with Crippen LogP contribution in [-0.4, -0.2) is 57.7 Å². The minimum Gasteiger partial charge on any atom is -0.353 e. The van der Waals surface area contributed by atoms with E-state index in [2.05, 4.69) is 22.2 Å². The number of pyridine rings is 1. The Morgan fingerprint density at radius 3 is 2.67 bits per heavy atom. The van der Waals surface area contributed by atoms with Crippen molar-refractivity contribution in [2.24, 2.45) is 0 Å². The molecule has 0 atom stereocenters. The Morgan fingerprint density at radius 2 is 2.00 bits per heavy atom. The number of fused-ring (bicyclic) bond motifs is 1. The molecule has 0 spiro atoms. The third-order valence-corrected chi connectivity index (χ3v) is 5.95. The van der Waals surface area contributed by atoms with Gasteiger partial charge < -0.3 is 15.1 Å². The summed E-state index contributed by atoms with van der Waals surface area (Å²) in [5.74, 6) is 0.351. The van der Waals surface area contributed by atoms with Crippen LogP contribution in [0.4, 0.5) is 5.82 Å². The highest BCUT2D eigenvalue weighted by molar-refractivity contribution is 8.26. The second-order valence-corrected chi connectivity index (χ2v) is 8.40. The number of aryl methyl sites for hydroxylation is 1. The molecule has 0 radical (unpaired) electrons. The smallest absolute Gasteiger partial charge is 0.267 e. The van der Waals surface area contributed by atoms with Crippen LogP contribution in [0.3, 0.4) is 0 Å². The van der Waals surface area contributed by atoms with E-state index in [9.17, 15) is 9.59 Å². The van der Waals surface area contributed by atoms with Crippen molar-refractivity contribution in [2.75, 3.05) is 38.1 Å². The number of nitrogens with zero attached hydrogens (tertiary/aromatic N) is 4. The van der Waals surface area contributed by atoms with Crippen molar-refractivity contribution >= 4 is 51.7 Å². The Bertz CT molecular complexity index is 1040. The molecule has 0 aromatic carbocycles. The molecular weight excluding hydrogens is 382 g/mol. The van der Waals surface area contributed by atoms with Gasteiger partial charge in [-0.15, -0.1) is 0 Å². The van der Waals surface area contributed by atoms with E-state index < -0.39 is 0 Å². The average molecular weight is 402 g/mol. The van der Waals surface area contributed by atoms with Gasteiger partial charge >= 0.3 is 0 Å². The van der Waals surface area contributed by atoms with E-state index in [0.29, 0.717) is 26.3 Å². The SMILES string of the molecule is Cc1cccn2c(=O)c(C=C3SC(=S)NC3=O)c(N3CCN(C)CC3)nc12. The molecule has 2 saturated heterocycles. The highest BCUT2D eigenvalue weighted by Gasteiger charge is 2.26. The fourth-order valence-electron chi connectivity index (χ4n) is 3.24. The lowest BCUT2D eigenvalue weighted by Crippen LogP contribution is -2.45. The van der Waals surface area contributed by atoms with Crippen LogP contribution in [-0.2, 0) is 4.79 Å². The number of piperazine rings is 1. The van der Waals surface area contributed by atoms with E-state index in [1.54, 1.807) is 12.3 Å². The predicted molar refractivity (Wildman–Crippen MR) is 112 cm³/mol. The second-order valence-electron chi connectivity index (χ2n) is 6.68. The number of amides is 1. The van der Waals surface area contributed by atoms with Crippen LogP contribution in [0.1, 0.15) is 11.1 Å². The summed E-state index contributed by atoms with van der Waals surface area (Å²) in [6, 6.07) is 3.76. The van der Waals surface area contributed by atoms with Gasteiger partial charge in [0.2, 0.25) is 0 Å². The van der Waals surface area contributed by atoms with E-state index in [-0.39, 0.29) is 11.5 Å². The summed E-state index contributed by atoms with van der Waals surface area (Å²) in [7, 11) is 2.08. The molecule has 7 nitrogen and oxygen atoms in total. The first-order chi connectivity index (χ1) is 12.9.